The summed E-state index contributed by atoms with van der Waals surface area (Å²) in [6, 6.07) is 14.2. The van der Waals surface area contributed by atoms with Crippen LogP contribution in [0.5, 0.6) is 5.75 Å². The van der Waals surface area contributed by atoms with Gasteiger partial charge in [0.2, 0.25) is 0 Å². The molecule has 1 atom stereocenters. The normalized spacial score (nSPS) is 12.2. The number of hydrogen-bond acceptors (Lipinski definition) is 3. The van der Waals surface area contributed by atoms with Gasteiger partial charge in [0, 0.05) is 10.5 Å². The van der Waals surface area contributed by atoms with Gasteiger partial charge in [0.05, 0.1) is 17.5 Å². The SMILES string of the molecule is CC(C)Oc1cccc(NC(C)c2ccc(Br)cc2)c1N. The van der Waals surface area contributed by atoms with Crippen LogP contribution >= 0.6 is 15.9 Å². The summed E-state index contributed by atoms with van der Waals surface area (Å²) >= 11 is 3.45. The van der Waals surface area contributed by atoms with Crippen molar-refractivity contribution in [3.8, 4) is 5.75 Å². The highest BCUT2D eigenvalue weighted by molar-refractivity contribution is 9.10. The molecule has 0 heterocycles. The van der Waals surface area contributed by atoms with Gasteiger partial charge in [-0.3, -0.25) is 0 Å². The van der Waals surface area contributed by atoms with E-state index in [-0.39, 0.29) is 12.1 Å². The molecular weight excluding hydrogens is 328 g/mol. The standard InChI is InChI=1S/C17H21BrN2O/c1-11(2)21-16-6-4-5-15(17(16)19)20-12(3)13-7-9-14(18)10-8-13/h4-12,20H,19H2,1-3H3. The van der Waals surface area contributed by atoms with Crippen molar-refractivity contribution in [3.05, 3.63) is 52.5 Å². The Hall–Kier alpha value is -1.68. The molecule has 1 unspecified atom stereocenters. The molecule has 112 valence electrons. The monoisotopic (exact) mass is 348 g/mol. The van der Waals surface area contributed by atoms with Gasteiger partial charge < -0.3 is 15.8 Å². The number of halogens is 1. The molecule has 21 heavy (non-hydrogen) atoms. The van der Waals surface area contributed by atoms with Crippen LogP contribution in [0.2, 0.25) is 0 Å². The van der Waals surface area contributed by atoms with E-state index in [9.17, 15) is 0 Å². The van der Waals surface area contributed by atoms with Gasteiger partial charge in [-0.05, 0) is 50.6 Å². The highest BCUT2D eigenvalue weighted by Crippen LogP contribution is 2.32. The van der Waals surface area contributed by atoms with E-state index in [2.05, 4.69) is 40.3 Å². The van der Waals surface area contributed by atoms with E-state index in [0.29, 0.717) is 5.69 Å². The van der Waals surface area contributed by atoms with Crippen molar-refractivity contribution in [2.24, 2.45) is 0 Å². The zero-order valence-electron chi connectivity index (χ0n) is 12.6. The molecule has 2 rings (SSSR count). The number of nitrogens with one attached hydrogen (secondary N) is 1. The van der Waals surface area contributed by atoms with E-state index in [4.69, 9.17) is 10.5 Å². The average molecular weight is 349 g/mol. The van der Waals surface area contributed by atoms with E-state index in [1.54, 1.807) is 0 Å². The lowest BCUT2D eigenvalue weighted by Gasteiger charge is -2.20. The Morgan fingerprint density at radius 1 is 1.05 bits per heavy atom. The van der Waals surface area contributed by atoms with Gasteiger partial charge in [-0.25, -0.2) is 0 Å². The third-order valence-corrected chi connectivity index (χ3v) is 3.70. The molecule has 0 saturated heterocycles. The molecule has 0 amide bonds. The summed E-state index contributed by atoms with van der Waals surface area (Å²) in [4.78, 5) is 0. The van der Waals surface area contributed by atoms with Crippen LogP contribution in [0.25, 0.3) is 0 Å². The van der Waals surface area contributed by atoms with Crippen molar-refractivity contribution in [2.75, 3.05) is 11.1 Å². The lowest BCUT2D eigenvalue weighted by atomic mass is 10.1. The Morgan fingerprint density at radius 3 is 2.33 bits per heavy atom. The molecule has 2 aromatic carbocycles. The number of nitrogen functional groups attached to an aromatic ring is 1. The van der Waals surface area contributed by atoms with Crippen molar-refractivity contribution < 1.29 is 4.74 Å². The van der Waals surface area contributed by atoms with Crippen LogP contribution < -0.4 is 15.8 Å². The first-order valence-corrected chi connectivity index (χ1v) is 7.84. The number of anilines is 2. The molecule has 3 N–H and O–H groups in total. The second-order valence-electron chi connectivity index (χ2n) is 5.30. The lowest BCUT2D eigenvalue weighted by molar-refractivity contribution is 0.244. The Labute approximate surface area is 134 Å². The van der Waals surface area contributed by atoms with Crippen molar-refractivity contribution >= 4 is 27.3 Å². The van der Waals surface area contributed by atoms with E-state index in [0.717, 1.165) is 15.9 Å². The summed E-state index contributed by atoms with van der Waals surface area (Å²) in [6.07, 6.45) is 0.103. The van der Waals surface area contributed by atoms with Crippen LogP contribution in [0.1, 0.15) is 32.4 Å². The van der Waals surface area contributed by atoms with E-state index in [1.807, 2.05) is 44.2 Å². The highest BCUT2D eigenvalue weighted by atomic mass is 79.9. The van der Waals surface area contributed by atoms with Gasteiger partial charge >= 0.3 is 0 Å². The van der Waals surface area contributed by atoms with Crippen LogP contribution in [0.3, 0.4) is 0 Å². The first-order chi connectivity index (χ1) is 9.97. The minimum Gasteiger partial charge on any atom is -0.489 e. The topological polar surface area (TPSA) is 47.3 Å². The Bertz CT molecular complexity index is 596. The number of hydrogen-bond donors (Lipinski definition) is 2. The minimum atomic E-state index is 0.103. The molecule has 2 aromatic rings. The molecule has 0 spiro atoms. The smallest absolute Gasteiger partial charge is 0.144 e. The third-order valence-electron chi connectivity index (χ3n) is 3.17. The van der Waals surface area contributed by atoms with Gasteiger partial charge in [-0.2, -0.15) is 0 Å². The summed E-state index contributed by atoms with van der Waals surface area (Å²) in [5.41, 5.74) is 8.93. The maximum absolute atomic E-state index is 6.19. The fourth-order valence-electron chi connectivity index (χ4n) is 2.09. The summed E-state index contributed by atoms with van der Waals surface area (Å²) < 4.78 is 6.79. The van der Waals surface area contributed by atoms with Crippen LogP contribution in [-0.4, -0.2) is 6.10 Å². The predicted molar refractivity (Wildman–Crippen MR) is 92.8 cm³/mol. The molecule has 0 aliphatic carbocycles. The lowest BCUT2D eigenvalue weighted by Crippen LogP contribution is -2.11. The number of nitrogens with two attached hydrogens (primary N) is 1. The molecule has 0 fully saturated rings. The van der Waals surface area contributed by atoms with Crippen molar-refractivity contribution in [1.29, 1.82) is 0 Å². The maximum atomic E-state index is 6.19. The quantitative estimate of drug-likeness (QED) is 0.748. The van der Waals surface area contributed by atoms with Crippen molar-refractivity contribution in [2.45, 2.75) is 32.9 Å². The second kappa shape index (κ2) is 6.85. The molecule has 3 nitrogen and oxygen atoms in total. The Balaban J connectivity index is 2.17. The third kappa shape index (κ3) is 4.14. The zero-order valence-corrected chi connectivity index (χ0v) is 14.1. The number of para-hydroxylation sites is 1. The fraction of sp³-hybridized carbons (Fsp3) is 0.294. The van der Waals surface area contributed by atoms with Gasteiger partial charge in [0.25, 0.3) is 0 Å². The molecule has 0 bridgehead atoms. The molecule has 0 aliphatic rings. The fourth-order valence-corrected chi connectivity index (χ4v) is 2.36. The predicted octanol–water partition coefficient (Wildman–Crippen LogP) is 4.99. The molecule has 0 aliphatic heterocycles. The molecule has 0 aromatic heterocycles. The first kappa shape index (κ1) is 15.7. The Morgan fingerprint density at radius 2 is 1.71 bits per heavy atom. The second-order valence-corrected chi connectivity index (χ2v) is 6.22. The van der Waals surface area contributed by atoms with Crippen LogP contribution in [0.4, 0.5) is 11.4 Å². The molecule has 0 saturated carbocycles. The molecule has 4 heteroatoms. The summed E-state index contributed by atoms with van der Waals surface area (Å²) in [5.74, 6) is 0.720. The zero-order chi connectivity index (χ0) is 15.4. The summed E-state index contributed by atoms with van der Waals surface area (Å²) in [5, 5.41) is 3.44. The number of rotatable bonds is 5. The van der Waals surface area contributed by atoms with Gasteiger partial charge in [0.1, 0.15) is 5.75 Å². The molecular formula is C17H21BrN2O. The van der Waals surface area contributed by atoms with Gasteiger partial charge in [0.15, 0.2) is 0 Å². The summed E-state index contributed by atoms with van der Waals surface area (Å²) in [6.45, 7) is 6.09. The number of benzene rings is 2. The summed E-state index contributed by atoms with van der Waals surface area (Å²) in [7, 11) is 0. The first-order valence-electron chi connectivity index (χ1n) is 7.04. The number of ether oxygens (including phenoxy) is 1. The van der Waals surface area contributed by atoms with Crippen molar-refractivity contribution in [3.63, 3.8) is 0 Å². The highest BCUT2D eigenvalue weighted by Gasteiger charge is 2.11. The van der Waals surface area contributed by atoms with Crippen LogP contribution in [0.15, 0.2) is 46.9 Å². The largest absolute Gasteiger partial charge is 0.489 e. The molecule has 0 radical (unpaired) electrons. The van der Waals surface area contributed by atoms with Gasteiger partial charge in [-0.15, -0.1) is 0 Å². The van der Waals surface area contributed by atoms with Crippen LogP contribution in [0, 0.1) is 0 Å². The average Bonchev–Trinajstić information content (AvgIpc) is 2.43. The van der Waals surface area contributed by atoms with Crippen LogP contribution in [-0.2, 0) is 0 Å². The van der Waals surface area contributed by atoms with Crippen molar-refractivity contribution in [1.82, 2.24) is 0 Å². The Kier molecular flexibility index (Phi) is 5.12. The van der Waals surface area contributed by atoms with E-state index in [1.165, 1.54) is 5.56 Å². The van der Waals surface area contributed by atoms with E-state index >= 15 is 0 Å². The van der Waals surface area contributed by atoms with Gasteiger partial charge in [-0.1, -0.05) is 34.1 Å². The van der Waals surface area contributed by atoms with E-state index < -0.39 is 0 Å². The minimum absolute atomic E-state index is 0.103. The maximum Gasteiger partial charge on any atom is 0.144 e.